The first-order valence-electron chi connectivity index (χ1n) is 9.02. The van der Waals surface area contributed by atoms with Crippen LogP contribution in [0.25, 0.3) is 0 Å². The van der Waals surface area contributed by atoms with Gasteiger partial charge in [-0.1, -0.05) is 28.1 Å². The molecule has 0 radical (unpaired) electrons. The largest absolute Gasteiger partial charge is 0.465 e. The summed E-state index contributed by atoms with van der Waals surface area (Å²) < 4.78 is 25.3. The lowest BCUT2D eigenvalue weighted by Gasteiger charge is -2.42. The molecule has 7 nitrogen and oxygen atoms in total. The van der Waals surface area contributed by atoms with Crippen LogP contribution in [0.2, 0.25) is 0 Å². The molecular weight excluding hydrogens is 460 g/mol. The van der Waals surface area contributed by atoms with Gasteiger partial charge in [-0.05, 0) is 42.0 Å². The van der Waals surface area contributed by atoms with Crippen LogP contribution in [0.15, 0.2) is 53.0 Å². The third kappa shape index (κ3) is 5.51. The Morgan fingerprint density at radius 2 is 1.66 bits per heavy atom. The van der Waals surface area contributed by atoms with Gasteiger partial charge in [0.05, 0.1) is 30.7 Å². The van der Waals surface area contributed by atoms with Gasteiger partial charge in [-0.25, -0.2) is 9.59 Å². The summed E-state index contributed by atoms with van der Waals surface area (Å²) in [5.41, 5.74) is 2.03. The number of methoxy groups -OCH3 is 1. The number of carbonyl (C=O) groups is 2. The average Bonchev–Trinajstić information content (AvgIpc) is 2.72. The average molecular weight is 483 g/mol. The summed E-state index contributed by atoms with van der Waals surface area (Å²) in [5, 5.41) is 0. The molecule has 3 rings (SSSR count). The molecular formula is C20H23BrN2O5S. The molecule has 1 saturated heterocycles. The van der Waals surface area contributed by atoms with E-state index in [1.807, 2.05) is 24.3 Å². The second kappa shape index (κ2) is 9.17. The van der Waals surface area contributed by atoms with E-state index in [2.05, 4.69) is 15.9 Å². The topological polar surface area (TPSA) is 90.3 Å². The number of benzene rings is 2. The fourth-order valence-corrected chi connectivity index (χ4v) is 4.52. The van der Waals surface area contributed by atoms with E-state index in [0.717, 1.165) is 15.7 Å². The van der Waals surface area contributed by atoms with Crippen LogP contribution in [0.1, 0.15) is 15.9 Å². The first-order valence-corrected chi connectivity index (χ1v) is 11.7. The highest BCUT2D eigenvalue weighted by Gasteiger charge is 2.29. The first-order chi connectivity index (χ1) is 13.8. The van der Waals surface area contributed by atoms with Gasteiger partial charge in [0.25, 0.3) is 0 Å². The second-order valence-electron chi connectivity index (χ2n) is 6.73. The summed E-state index contributed by atoms with van der Waals surface area (Å²) in [7, 11) is -1.25. The number of urea groups is 1. The minimum atomic E-state index is -2.58. The molecule has 0 saturated carbocycles. The van der Waals surface area contributed by atoms with Crippen LogP contribution in [0.4, 0.5) is 10.5 Å². The van der Waals surface area contributed by atoms with E-state index >= 15 is 0 Å². The summed E-state index contributed by atoms with van der Waals surface area (Å²) in [6, 6.07) is 14.1. The molecule has 0 aliphatic carbocycles. The Bertz CT molecular complexity index is 863. The van der Waals surface area contributed by atoms with Gasteiger partial charge < -0.3 is 9.64 Å². The van der Waals surface area contributed by atoms with E-state index in [1.165, 1.54) is 7.11 Å². The van der Waals surface area contributed by atoms with Crippen molar-refractivity contribution < 1.29 is 23.4 Å². The number of carbonyl (C=O) groups excluding carboxylic acids is 2. The Hall–Kier alpha value is -2.07. The van der Waals surface area contributed by atoms with Crippen LogP contribution in [0.5, 0.6) is 0 Å². The lowest BCUT2D eigenvalue weighted by Crippen LogP contribution is -2.48. The van der Waals surface area contributed by atoms with Crippen LogP contribution < -0.4 is 4.90 Å². The van der Waals surface area contributed by atoms with Crippen molar-refractivity contribution in [1.82, 2.24) is 4.90 Å². The number of ether oxygens (including phenoxy) is 1. The Morgan fingerprint density at radius 3 is 2.21 bits per heavy atom. The third-order valence-electron chi connectivity index (χ3n) is 4.73. The molecule has 1 fully saturated rings. The van der Waals surface area contributed by atoms with Gasteiger partial charge >= 0.3 is 12.0 Å². The SMILES string of the molecule is COC(=O)c1ccc(CN(C(=O)N2CCS(O)(O)CC2)c2ccc(Br)cc2)cc1. The summed E-state index contributed by atoms with van der Waals surface area (Å²) in [4.78, 5) is 28.2. The van der Waals surface area contributed by atoms with Crippen LogP contribution in [-0.4, -0.2) is 57.7 Å². The summed E-state index contributed by atoms with van der Waals surface area (Å²) in [6.45, 7) is 0.916. The molecule has 1 aliphatic heterocycles. The monoisotopic (exact) mass is 482 g/mol. The standard InChI is InChI=1S/C20H23BrN2O5S/c1-28-19(24)16-4-2-15(3-5-16)14-23(18-8-6-17(21)7-9-18)20(25)22-10-12-29(26,27)13-11-22/h2-9,26-27H,10-14H2,1H3. The van der Waals surface area contributed by atoms with Crippen LogP contribution in [0, 0.1) is 0 Å². The number of hydrogen-bond donors (Lipinski definition) is 2. The van der Waals surface area contributed by atoms with Crippen molar-refractivity contribution in [2.24, 2.45) is 0 Å². The van der Waals surface area contributed by atoms with Crippen molar-refractivity contribution in [2.75, 3.05) is 36.6 Å². The van der Waals surface area contributed by atoms with Crippen molar-refractivity contribution in [3.8, 4) is 0 Å². The number of amides is 2. The zero-order valence-electron chi connectivity index (χ0n) is 16.0. The van der Waals surface area contributed by atoms with Crippen molar-refractivity contribution in [3.63, 3.8) is 0 Å². The van der Waals surface area contributed by atoms with E-state index in [-0.39, 0.29) is 17.5 Å². The molecule has 1 heterocycles. The zero-order valence-corrected chi connectivity index (χ0v) is 18.4. The van der Waals surface area contributed by atoms with E-state index in [4.69, 9.17) is 4.74 Å². The molecule has 2 aromatic carbocycles. The van der Waals surface area contributed by atoms with Gasteiger partial charge in [0, 0.05) is 23.2 Å². The number of hydrogen-bond acceptors (Lipinski definition) is 5. The van der Waals surface area contributed by atoms with E-state index in [9.17, 15) is 18.7 Å². The quantitative estimate of drug-likeness (QED) is 0.629. The maximum atomic E-state index is 13.2. The fraction of sp³-hybridized carbons (Fsp3) is 0.300. The number of esters is 1. The number of rotatable bonds is 4. The van der Waals surface area contributed by atoms with E-state index in [1.54, 1.807) is 34.1 Å². The smallest absolute Gasteiger partial charge is 0.337 e. The molecule has 0 unspecified atom stereocenters. The van der Waals surface area contributed by atoms with Crippen LogP contribution >= 0.6 is 26.5 Å². The predicted octanol–water partition coefficient (Wildman–Crippen LogP) is 4.43. The minimum absolute atomic E-state index is 0.195. The molecule has 2 aromatic rings. The molecule has 0 aromatic heterocycles. The molecule has 1 aliphatic rings. The molecule has 2 amide bonds. The molecule has 9 heteroatoms. The molecule has 156 valence electrons. The molecule has 29 heavy (non-hydrogen) atoms. The van der Waals surface area contributed by atoms with Gasteiger partial charge in [-0.15, -0.1) is 0 Å². The van der Waals surface area contributed by atoms with Gasteiger partial charge in [-0.2, -0.15) is 10.6 Å². The van der Waals surface area contributed by atoms with Crippen LogP contribution in [0.3, 0.4) is 0 Å². The zero-order chi connectivity index (χ0) is 21.0. The number of nitrogens with zero attached hydrogens (tertiary/aromatic N) is 2. The normalized spacial score (nSPS) is 16.8. The maximum absolute atomic E-state index is 13.2. The highest BCUT2D eigenvalue weighted by molar-refractivity contribution is 9.10. The lowest BCUT2D eigenvalue weighted by atomic mass is 10.1. The molecule has 0 bridgehead atoms. The van der Waals surface area contributed by atoms with E-state index < -0.39 is 16.6 Å². The van der Waals surface area contributed by atoms with Gasteiger partial charge in [0.15, 0.2) is 0 Å². The van der Waals surface area contributed by atoms with Crippen molar-refractivity contribution in [2.45, 2.75) is 6.54 Å². The second-order valence-corrected chi connectivity index (χ2v) is 10.1. The Morgan fingerprint density at radius 1 is 1.07 bits per heavy atom. The highest BCUT2D eigenvalue weighted by atomic mass is 79.9. The van der Waals surface area contributed by atoms with E-state index in [0.29, 0.717) is 25.2 Å². The van der Waals surface area contributed by atoms with Gasteiger partial charge in [0.1, 0.15) is 0 Å². The van der Waals surface area contributed by atoms with Crippen molar-refractivity contribution >= 4 is 44.2 Å². The summed E-state index contributed by atoms with van der Waals surface area (Å²) in [6.07, 6.45) is 0. The molecule has 0 spiro atoms. The number of halogens is 1. The summed E-state index contributed by atoms with van der Waals surface area (Å²) >= 11 is 3.41. The number of anilines is 1. The van der Waals surface area contributed by atoms with Gasteiger partial charge in [0.2, 0.25) is 0 Å². The first kappa shape index (κ1) is 21.6. The Kier molecular flexibility index (Phi) is 6.84. The predicted molar refractivity (Wildman–Crippen MR) is 118 cm³/mol. The summed E-state index contributed by atoms with van der Waals surface area (Å²) in [5.74, 6) is -0.0220. The molecule has 0 atom stereocenters. The third-order valence-corrected chi connectivity index (χ3v) is 6.93. The molecule has 2 N–H and O–H groups in total. The Labute approximate surface area is 179 Å². The van der Waals surface area contributed by atoms with Crippen LogP contribution in [-0.2, 0) is 11.3 Å². The maximum Gasteiger partial charge on any atom is 0.337 e. The van der Waals surface area contributed by atoms with Gasteiger partial charge in [-0.3, -0.25) is 14.0 Å². The van der Waals surface area contributed by atoms with Crippen molar-refractivity contribution in [3.05, 3.63) is 64.1 Å². The van der Waals surface area contributed by atoms with Crippen molar-refractivity contribution in [1.29, 1.82) is 0 Å². The highest BCUT2D eigenvalue weighted by Crippen LogP contribution is 2.40. The Balaban J connectivity index is 1.82. The fourth-order valence-electron chi connectivity index (χ4n) is 3.03. The lowest BCUT2D eigenvalue weighted by molar-refractivity contribution is 0.0600. The minimum Gasteiger partial charge on any atom is -0.465 e.